The number of hydrogen-bond acceptors (Lipinski definition) is 2. The van der Waals surface area contributed by atoms with Gasteiger partial charge in [-0.15, -0.1) is 0 Å². The number of carbonyl (C=O) groups is 1. The molecule has 3 aromatic rings. The molecule has 0 aliphatic carbocycles. The molecule has 3 rings (SSSR count). The molecule has 0 unspecified atom stereocenters. The first-order chi connectivity index (χ1) is 11.5. The summed E-state index contributed by atoms with van der Waals surface area (Å²) in [6.45, 7) is 8.07. The van der Waals surface area contributed by atoms with Gasteiger partial charge in [-0.3, -0.25) is 9.78 Å². The van der Waals surface area contributed by atoms with Gasteiger partial charge in [0.2, 0.25) is 0 Å². The Balaban J connectivity index is 2.14. The van der Waals surface area contributed by atoms with E-state index in [0.29, 0.717) is 0 Å². The van der Waals surface area contributed by atoms with Crippen molar-refractivity contribution in [2.24, 2.45) is 0 Å². The number of pyridine rings is 1. The van der Waals surface area contributed by atoms with Gasteiger partial charge in [0, 0.05) is 16.8 Å². The van der Waals surface area contributed by atoms with E-state index in [-0.39, 0.29) is 5.91 Å². The molecule has 0 aliphatic heterocycles. The van der Waals surface area contributed by atoms with E-state index in [0.717, 1.165) is 51.0 Å². The summed E-state index contributed by atoms with van der Waals surface area (Å²) >= 11 is 0. The van der Waals surface area contributed by atoms with E-state index in [2.05, 4.69) is 12.2 Å². The van der Waals surface area contributed by atoms with Crippen LogP contribution in [0.5, 0.6) is 0 Å². The second-order valence-electron chi connectivity index (χ2n) is 6.15. The number of anilines is 1. The standard InChI is InChI=1S/C21H22N2O/c1-5-17-15(4)19(16-11-6-7-12-18(16)22-17)21(24)23-20-13(2)9-8-10-14(20)3/h6-12H,5H2,1-4H3,(H,23,24). The lowest BCUT2D eigenvalue weighted by molar-refractivity contribution is 0.102. The van der Waals surface area contributed by atoms with Gasteiger partial charge in [-0.25, -0.2) is 0 Å². The SMILES string of the molecule is CCc1nc2ccccc2c(C(=O)Nc2c(C)cccc2C)c1C. The molecule has 1 aromatic heterocycles. The molecule has 1 heterocycles. The summed E-state index contributed by atoms with van der Waals surface area (Å²) in [7, 11) is 0. The van der Waals surface area contributed by atoms with Gasteiger partial charge in [-0.1, -0.05) is 43.3 Å². The second kappa shape index (κ2) is 6.44. The van der Waals surface area contributed by atoms with Gasteiger partial charge in [0.15, 0.2) is 0 Å². The van der Waals surface area contributed by atoms with Gasteiger partial charge in [0.1, 0.15) is 0 Å². The molecule has 24 heavy (non-hydrogen) atoms. The molecule has 0 saturated heterocycles. The van der Waals surface area contributed by atoms with Crippen molar-refractivity contribution in [3.63, 3.8) is 0 Å². The molecule has 0 spiro atoms. The summed E-state index contributed by atoms with van der Waals surface area (Å²) in [5.41, 5.74) is 6.54. The van der Waals surface area contributed by atoms with Crippen molar-refractivity contribution in [1.29, 1.82) is 0 Å². The van der Waals surface area contributed by atoms with Crippen LogP contribution in [0.25, 0.3) is 10.9 Å². The first-order valence-corrected chi connectivity index (χ1v) is 8.28. The number of hydrogen-bond donors (Lipinski definition) is 1. The van der Waals surface area contributed by atoms with E-state index >= 15 is 0 Å². The zero-order valence-electron chi connectivity index (χ0n) is 14.6. The highest BCUT2D eigenvalue weighted by Gasteiger charge is 2.18. The fourth-order valence-corrected chi connectivity index (χ4v) is 3.18. The van der Waals surface area contributed by atoms with E-state index < -0.39 is 0 Å². The monoisotopic (exact) mass is 318 g/mol. The number of aromatic nitrogens is 1. The van der Waals surface area contributed by atoms with Crippen molar-refractivity contribution < 1.29 is 4.79 Å². The van der Waals surface area contributed by atoms with Crippen LogP contribution in [0.4, 0.5) is 5.69 Å². The van der Waals surface area contributed by atoms with Crippen LogP contribution in [-0.4, -0.2) is 10.9 Å². The van der Waals surface area contributed by atoms with E-state index in [4.69, 9.17) is 4.98 Å². The Bertz CT molecular complexity index is 908. The third kappa shape index (κ3) is 2.78. The second-order valence-corrected chi connectivity index (χ2v) is 6.15. The zero-order chi connectivity index (χ0) is 17.3. The smallest absolute Gasteiger partial charge is 0.256 e. The minimum absolute atomic E-state index is 0.0711. The molecule has 0 aliphatic rings. The van der Waals surface area contributed by atoms with Crippen molar-refractivity contribution in [2.75, 3.05) is 5.32 Å². The Hall–Kier alpha value is -2.68. The highest BCUT2D eigenvalue weighted by atomic mass is 16.1. The Kier molecular flexibility index (Phi) is 4.34. The first kappa shape index (κ1) is 16.2. The largest absolute Gasteiger partial charge is 0.321 e. The molecule has 122 valence electrons. The molecular weight excluding hydrogens is 296 g/mol. The maximum absolute atomic E-state index is 13.1. The fourth-order valence-electron chi connectivity index (χ4n) is 3.18. The zero-order valence-corrected chi connectivity index (χ0v) is 14.6. The number of benzene rings is 2. The van der Waals surface area contributed by atoms with Crippen molar-refractivity contribution in [3.05, 3.63) is 70.4 Å². The number of fused-ring (bicyclic) bond motifs is 1. The molecule has 1 amide bonds. The van der Waals surface area contributed by atoms with E-state index in [9.17, 15) is 4.79 Å². The Morgan fingerprint density at radius 1 is 1.00 bits per heavy atom. The van der Waals surface area contributed by atoms with Crippen LogP contribution >= 0.6 is 0 Å². The number of para-hydroxylation sites is 2. The molecule has 3 nitrogen and oxygen atoms in total. The molecular formula is C21H22N2O. The van der Waals surface area contributed by atoms with Crippen LogP contribution < -0.4 is 5.32 Å². The number of carbonyl (C=O) groups excluding carboxylic acids is 1. The molecule has 1 N–H and O–H groups in total. The molecule has 0 atom stereocenters. The van der Waals surface area contributed by atoms with Gasteiger partial charge in [-0.05, 0) is 49.9 Å². The predicted octanol–water partition coefficient (Wildman–Crippen LogP) is 4.97. The summed E-state index contributed by atoms with van der Waals surface area (Å²) in [6.07, 6.45) is 0.806. The fraction of sp³-hybridized carbons (Fsp3) is 0.238. The Labute approximate surface area is 142 Å². The third-order valence-electron chi connectivity index (χ3n) is 4.52. The highest BCUT2D eigenvalue weighted by Crippen LogP contribution is 2.26. The van der Waals surface area contributed by atoms with Crippen LogP contribution in [0, 0.1) is 20.8 Å². The van der Waals surface area contributed by atoms with Crippen molar-refractivity contribution in [3.8, 4) is 0 Å². The summed E-state index contributed by atoms with van der Waals surface area (Å²) < 4.78 is 0. The van der Waals surface area contributed by atoms with Crippen molar-refractivity contribution >= 4 is 22.5 Å². The average molecular weight is 318 g/mol. The van der Waals surface area contributed by atoms with E-state index in [1.165, 1.54) is 0 Å². The van der Waals surface area contributed by atoms with Crippen LogP contribution in [-0.2, 0) is 6.42 Å². The molecule has 0 radical (unpaired) electrons. The molecule has 0 saturated carbocycles. The lowest BCUT2D eigenvalue weighted by Gasteiger charge is -2.16. The normalized spacial score (nSPS) is 10.8. The van der Waals surface area contributed by atoms with Gasteiger partial charge < -0.3 is 5.32 Å². The highest BCUT2D eigenvalue weighted by molar-refractivity contribution is 6.14. The maximum Gasteiger partial charge on any atom is 0.256 e. The van der Waals surface area contributed by atoms with Crippen LogP contribution in [0.1, 0.15) is 39.7 Å². The molecule has 2 aromatic carbocycles. The number of aryl methyl sites for hydroxylation is 3. The van der Waals surface area contributed by atoms with Gasteiger partial charge in [-0.2, -0.15) is 0 Å². The van der Waals surface area contributed by atoms with Crippen LogP contribution in [0.15, 0.2) is 42.5 Å². The van der Waals surface area contributed by atoms with Gasteiger partial charge in [0.05, 0.1) is 11.1 Å². The molecule has 0 fully saturated rings. The minimum atomic E-state index is -0.0711. The van der Waals surface area contributed by atoms with E-state index in [1.807, 2.05) is 63.2 Å². The van der Waals surface area contributed by atoms with Crippen LogP contribution in [0.2, 0.25) is 0 Å². The quantitative estimate of drug-likeness (QED) is 0.740. The minimum Gasteiger partial charge on any atom is -0.321 e. The first-order valence-electron chi connectivity index (χ1n) is 8.28. The lowest BCUT2D eigenvalue weighted by atomic mass is 9.99. The van der Waals surface area contributed by atoms with Crippen LogP contribution in [0.3, 0.4) is 0 Å². The summed E-state index contributed by atoms with van der Waals surface area (Å²) in [5.74, 6) is -0.0711. The van der Waals surface area contributed by atoms with Gasteiger partial charge in [0.25, 0.3) is 5.91 Å². The summed E-state index contributed by atoms with van der Waals surface area (Å²) in [4.78, 5) is 17.8. The maximum atomic E-state index is 13.1. The Morgan fingerprint density at radius 3 is 2.33 bits per heavy atom. The summed E-state index contributed by atoms with van der Waals surface area (Å²) in [6, 6.07) is 13.9. The Morgan fingerprint density at radius 2 is 1.67 bits per heavy atom. The van der Waals surface area contributed by atoms with Gasteiger partial charge >= 0.3 is 0 Å². The van der Waals surface area contributed by atoms with Crippen molar-refractivity contribution in [1.82, 2.24) is 4.98 Å². The predicted molar refractivity (Wildman–Crippen MR) is 99.7 cm³/mol. The topological polar surface area (TPSA) is 42.0 Å². The molecule has 3 heteroatoms. The van der Waals surface area contributed by atoms with E-state index in [1.54, 1.807) is 0 Å². The lowest BCUT2D eigenvalue weighted by Crippen LogP contribution is -2.17. The third-order valence-corrected chi connectivity index (χ3v) is 4.52. The molecule has 0 bridgehead atoms. The number of nitrogens with zero attached hydrogens (tertiary/aromatic N) is 1. The number of nitrogens with one attached hydrogen (secondary N) is 1. The number of rotatable bonds is 3. The summed E-state index contributed by atoms with van der Waals surface area (Å²) in [5, 5.41) is 4.01. The average Bonchev–Trinajstić information content (AvgIpc) is 2.57. The number of amides is 1. The van der Waals surface area contributed by atoms with Crippen molar-refractivity contribution in [2.45, 2.75) is 34.1 Å².